The fourth-order valence-corrected chi connectivity index (χ4v) is 3.96. The highest BCUT2D eigenvalue weighted by atomic mass is 32.1. The first-order valence-electron chi connectivity index (χ1n) is 8.22. The third-order valence-electron chi connectivity index (χ3n) is 4.23. The highest BCUT2D eigenvalue weighted by Gasteiger charge is 2.24. The second-order valence-electron chi connectivity index (χ2n) is 6.18. The highest BCUT2D eigenvalue weighted by Crippen LogP contribution is 2.29. The van der Waals surface area contributed by atoms with Crippen molar-refractivity contribution in [3.63, 3.8) is 0 Å². The van der Waals surface area contributed by atoms with E-state index in [-0.39, 0.29) is 5.91 Å². The van der Waals surface area contributed by atoms with Crippen molar-refractivity contribution >= 4 is 22.9 Å². The molecule has 1 fully saturated rings. The van der Waals surface area contributed by atoms with Gasteiger partial charge in [-0.3, -0.25) is 9.69 Å². The number of piperidine rings is 1. The number of benzene rings is 1. The van der Waals surface area contributed by atoms with Crippen LogP contribution in [0.2, 0.25) is 0 Å². The predicted molar refractivity (Wildman–Crippen MR) is 96.9 cm³/mol. The Morgan fingerprint density at radius 1 is 1.42 bits per heavy atom. The average molecular weight is 345 g/mol. The molecule has 6 heteroatoms. The normalized spacial score (nSPS) is 18.3. The maximum atomic E-state index is 12.3. The van der Waals surface area contributed by atoms with E-state index in [1.807, 2.05) is 31.2 Å². The molecule has 0 radical (unpaired) electrons. The Labute approximate surface area is 146 Å². The van der Waals surface area contributed by atoms with Gasteiger partial charge in [0.25, 0.3) is 0 Å². The molecule has 1 amide bonds. The molecule has 0 bridgehead atoms. The number of ether oxygens (including phenoxy) is 1. The van der Waals surface area contributed by atoms with E-state index in [2.05, 4.69) is 20.6 Å². The number of thiazole rings is 1. The lowest BCUT2D eigenvalue weighted by Gasteiger charge is -2.31. The van der Waals surface area contributed by atoms with E-state index in [4.69, 9.17) is 4.74 Å². The largest absolute Gasteiger partial charge is 0.497 e. The average Bonchev–Trinajstić information content (AvgIpc) is 3.02. The van der Waals surface area contributed by atoms with Crippen molar-refractivity contribution in [2.24, 2.45) is 0 Å². The number of likely N-dealkylation sites (tertiary alicyclic amines) is 1. The number of nitrogens with one attached hydrogen (secondary N) is 1. The van der Waals surface area contributed by atoms with Crippen LogP contribution in [0.4, 0.5) is 5.69 Å². The second-order valence-corrected chi connectivity index (χ2v) is 7.07. The van der Waals surface area contributed by atoms with Crippen molar-refractivity contribution in [1.29, 1.82) is 0 Å². The minimum Gasteiger partial charge on any atom is -0.497 e. The van der Waals surface area contributed by atoms with Gasteiger partial charge in [0.2, 0.25) is 5.91 Å². The molecule has 128 valence electrons. The van der Waals surface area contributed by atoms with E-state index in [0.717, 1.165) is 43.1 Å². The number of rotatable bonds is 5. The number of carbonyl (C=O) groups is 1. The Morgan fingerprint density at radius 3 is 2.88 bits per heavy atom. The van der Waals surface area contributed by atoms with Crippen molar-refractivity contribution in [3.8, 4) is 5.75 Å². The van der Waals surface area contributed by atoms with E-state index in [9.17, 15) is 4.79 Å². The molecule has 0 spiro atoms. The summed E-state index contributed by atoms with van der Waals surface area (Å²) in [6.45, 7) is 4.33. The lowest BCUT2D eigenvalue weighted by atomic mass is 9.99. The van der Waals surface area contributed by atoms with Crippen molar-refractivity contribution in [2.75, 3.05) is 32.1 Å². The van der Waals surface area contributed by atoms with E-state index in [1.165, 1.54) is 5.01 Å². The number of amides is 1. The van der Waals surface area contributed by atoms with Gasteiger partial charge in [-0.2, -0.15) is 0 Å². The van der Waals surface area contributed by atoms with Gasteiger partial charge in [-0.25, -0.2) is 4.98 Å². The van der Waals surface area contributed by atoms with Gasteiger partial charge in [0, 0.05) is 29.2 Å². The number of hydrogen-bond donors (Lipinski definition) is 1. The molecule has 1 aliphatic rings. The van der Waals surface area contributed by atoms with Crippen LogP contribution in [0.25, 0.3) is 0 Å². The van der Waals surface area contributed by atoms with Gasteiger partial charge in [0.1, 0.15) is 5.75 Å². The molecule has 1 aliphatic heterocycles. The number of carbonyl (C=O) groups excluding carboxylic acids is 1. The van der Waals surface area contributed by atoms with Crippen LogP contribution in [0.15, 0.2) is 29.6 Å². The van der Waals surface area contributed by atoms with Gasteiger partial charge in [0.15, 0.2) is 0 Å². The molecular formula is C18H23N3O2S. The van der Waals surface area contributed by atoms with Crippen molar-refractivity contribution in [1.82, 2.24) is 9.88 Å². The molecule has 5 nitrogen and oxygen atoms in total. The fraction of sp³-hybridized carbons (Fsp3) is 0.444. The van der Waals surface area contributed by atoms with E-state index >= 15 is 0 Å². The Bertz CT molecular complexity index is 684. The van der Waals surface area contributed by atoms with Gasteiger partial charge in [0.05, 0.1) is 18.7 Å². The van der Waals surface area contributed by atoms with E-state index in [1.54, 1.807) is 18.4 Å². The SMILES string of the molecule is COc1ccc(NC(=O)CN2CCC[C@@H](c3nc(C)cs3)C2)cc1. The summed E-state index contributed by atoms with van der Waals surface area (Å²) < 4.78 is 5.13. The number of methoxy groups -OCH3 is 1. The van der Waals surface area contributed by atoms with Crippen LogP contribution in [-0.4, -0.2) is 42.5 Å². The minimum atomic E-state index is 0.0242. The third-order valence-corrected chi connectivity index (χ3v) is 5.36. The van der Waals surface area contributed by atoms with Crippen LogP contribution in [0.3, 0.4) is 0 Å². The Hall–Kier alpha value is -1.92. The van der Waals surface area contributed by atoms with E-state index in [0.29, 0.717) is 12.5 Å². The molecule has 1 saturated heterocycles. The van der Waals surface area contributed by atoms with Gasteiger partial charge >= 0.3 is 0 Å². The summed E-state index contributed by atoms with van der Waals surface area (Å²) in [4.78, 5) is 19.1. The molecule has 0 saturated carbocycles. The van der Waals surface area contributed by atoms with Crippen LogP contribution in [-0.2, 0) is 4.79 Å². The maximum Gasteiger partial charge on any atom is 0.238 e. The molecule has 0 aliphatic carbocycles. The molecular weight excluding hydrogens is 322 g/mol. The van der Waals surface area contributed by atoms with Crippen LogP contribution in [0.1, 0.15) is 29.5 Å². The maximum absolute atomic E-state index is 12.3. The van der Waals surface area contributed by atoms with Crippen molar-refractivity contribution < 1.29 is 9.53 Å². The highest BCUT2D eigenvalue weighted by molar-refractivity contribution is 7.09. The van der Waals surface area contributed by atoms with Gasteiger partial charge < -0.3 is 10.1 Å². The molecule has 1 N–H and O–H groups in total. The summed E-state index contributed by atoms with van der Waals surface area (Å²) >= 11 is 1.73. The predicted octanol–water partition coefficient (Wildman–Crippen LogP) is 3.28. The van der Waals surface area contributed by atoms with E-state index < -0.39 is 0 Å². The zero-order chi connectivity index (χ0) is 16.9. The first kappa shape index (κ1) is 16.9. The van der Waals surface area contributed by atoms with Crippen LogP contribution < -0.4 is 10.1 Å². The Kier molecular flexibility index (Phi) is 5.48. The second kappa shape index (κ2) is 7.77. The van der Waals surface area contributed by atoms with Gasteiger partial charge in [-0.15, -0.1) is 11.3 Å². The first-order valence-corrected chi connectivity index (χ1v) is 9.10. The summed E-state index contributed by atoms with van der Waals surface area (Å²) in [6, 6.07) is 7.40. The Balaban J connectivity index is 1.53. The number of nitrogens with zero attached hydrogens (tertiary/aromatic N) is 2. The topological polar surface area (TPSA) is 54.5 Å². The van der Waals surface area contributed by atoms with Crippen LogP contribution in [0, 0.1) is 6.92 Å². The molecule has 24 heavy (non-hydrogen) atoms. The quantitative estimate of drug-likeness (QED) is 0.903. The number of aromatic nitrogens is 1. The van der Waals surface area contributed by atoms with Crippen molar-refractivity contribution in [3.05, 3.63) is 40.3 Å². The summed E-state index contributed by atoms with van der Waals surface area (Å²) in [5.74, 6) is 1.26. The summed E-state index contributed by atoms with van der Waals surface area (Å²) in [7, 11) is 1.63. The Morgan fingerprint density at radius 2 is 2.21 bits per heavy atom. The molecule has 2 aromatic rings. The lowest BCUT2D eigenvalue weighted by Crippen LogP contribution is -2.39. The van der Waals surface area contributed by atoms with Crippen LogP contribution in [0.5, 0.6) is 5.75 Å². The monoisotopic (exact) mass is 345 g/mol. The summed E-state index contributed by atoms with van der Waals surface area (Å²) in [5, 5.41) is 6.25. The molecule has 1 aromatic heterocycles. The summed E-state index contributed by atoms with van der Waals surface area (Å²) in [5.41, 5.74) is 1.88. The standard InChI is InChI=1S/C18H23N3O2S/c1-13-12-24-18(19-13)14-4-3-9-21(10-14)11-17(22)20-15-5-7-16(23-2)8-6-15/h5-8,12,14H,3-4,9-11H2,1-2H3,(H,20,22)/t14-/m1/s1. The van der Waals surface area contributed by atoms with Crippen molar-refractivity contribution in [2.45, 2.75) is 25.7 Å². The van der Waals surface area contributed by atoms with Gasteiger partial charge in [-0.1, -0.05) is 0 Å². The number of aryl methyl sites for hydroxylation is 1. The smallest absolute Gasteiger partial charge is 0.238 e. The molecule has 0 unspecified atom stereocenters. The molecule has 2 heterocycles. The zero-order valence-corrected chi connectivity index (χ0v) is 14.9. The van der Waals surface area contributed by atoms with Gasteiger partial charge in [-0.05, 0) is 50.6 Å². The third kappa shape index (κ3) is 4.33. The van der Waals surface area contributed by atoms with Crippen LogP contribution >= 0.6 is 11.3 Å². The number of hydrogen-bond acceptors (Lipinski definition) is 5. The first-order chi connectivity index (χ1) is 11.6. The number of anilines is 1. The summed E-state index contributed by atoms with van der Waals surface area (Å²) in [6.07, 6.45) is 2.27. The minimum absolute atomic E-state index is 0.0242. The lowest BCUT2D eigenvalue weighted by molar-refractivity contribution is -0.117. The zero-order valence-electron chi connectivity index (χ0n) is 14.1. The molecule has 1 atom stereocenters. The molecule has 1 aromatic carbocycles. The molecule has 3 rings (SSSR count). The fourth-order valence-electron chi connectivity index (χ4n) is 3.04.